The lowest BCUT2D eigenvalue weighted by atomic mass is 10.1. The van der Waals surface area contributed by atoms with E-state index >= 15 is 0 Å². The lowest BCUT2D eigenvalue weighted by Gasteiger charge is -2.27. The van der Waals surface area contributed by atoms with E-state index in [1.165, 1.54) is 6.42 Å². The first-order valence-electron chi connectivity index (χ1n) is 6.20. The molecule has 1 fully saturated rings. The van der Waals surface area contributed by atoms with E-state index in [2.05, 4.69) is 0 Å². The van der Waals surface area contributed by atoms with Gasteiger partial charge in [0.2, 0.25) is 5.91 Å². The van der Waals surface area contributed by atoms with Crippen molar-refractivity contribution < 1.29 is 9.53 Å². The highest BCUT2D eigenvalue weighted by Gasteiger charge is 2.18. The molecule has 94 valence electrons. The fraction of sp³-hybridized carbons (Fsp3) is 0.917. The Morgan fingerprint density at radius 2 is 2.31 bits per heavy atom. The van der Waals surface area contributed by atoms with E-state index in [-0.39, 0.29) is 18.1 Å². The largest absolute Gasteiger partial charge is 0.376 e. The number of carbonyl (C=O) groups is 1. The highest BCUT2D eigenvalue weighted by molar-refractivity contribution is 5.75. The predicted octanol–water partition coefficient (Wildman–Crippen LogP) is 1.14. The maximum absolute atomic E-state index is 11.7. The third kappa shape index (κ3) is 4.94. The molecule has 1 aliphatic rings. The number of amides is 1. The van der Waals surface area contributed by atoms with E-state index in [1.807, 2.05) is 14.0 Å². The molecule has 1 aliphatic heterocycles. The smallest absolute Gasteiger partial charge is 0.222 e. The molecule has 1 heterocycles. The van der Waals surface area contributed by atoms with Crippen LogP contribution in [0.25, 0.3) is 0 Å². The van der Waals surface area contributed by atoms with Gasteiger partial charge in [0.25, 0.3) is 0 Å². The zero-order valence-corrected chi connectivity index (χ0v) is 10.4. The van der Waals surface area contributed by atoms with Crippen molar-refractivity contribution in [2.24, 2.45) is 5.73 Å². The normalized spacial score (nSPS) is 22.8. The highest BCUT2D eigenvalue weighted by Crippen LogP contribution is 2.13. The van der Waals surface area contributed by atoms with Crippen molar-refractivity contribution in [1.82, 2.24) is 4.90 Å². The minimum atomic E-state index is 0.100. The van der Waals surface area contributed by atoms with Gasteiger partial charge < -0.3 is 15.4 Å². The third-order valence-corrected chi connectivity index (χ3v) is 2.99. The van der Waals surface area contributed by atoms with Crippen molar-refractivity contribution >= 4 is 5.91 Å². The maximum Gasteiger partial charge on any atom is 0.222 e. The third-order valence-electron chi connectivity index (χ3n) is 2.99. The molecule has 0 bridgehead atoms. The van der Waals surface area contributed by atoms with Crippen molar-refractivity contribution in [2.45, 2.75) is 51.2 Å². The number of hydrogen-bond donors (Lipinski definition) is 1. The van der Waals surface area contributed by atoms with Crippen LogP contribution in [0.2, 0.25) is 0 Å². The molecule has 2 unspecified atom stereocenters. The van der Waals surface area contributed by atoms with Gasteiger partial charge in [-0.1, -0.05) is 0 Å². The van der Waals surface area contributed by atoms with Gasteiger partial charge in [0.05, 0.1) is 6.10 Å². The van der Waals surface area contributed by atoms with Crippen LogP contribution in [-0.4, -0.2) is 43.2 Å². The molecule has 4 heteroatoms. The molecule has 0 aromatic rings. The number of ether oxygens (including phenoxy) is 1. The van der Waals surface area contributed by atoms with E-state index in [0.717, 1.165) is 32.4 Å². The number of nitrogens with zero attached hydrogens (tertiary/aromatic N) is 1. The number of rotatable bonds is 5. The quantitative estimate of drug-likeness (QED) is 0.767. The molecule has 0 aromatic heterocycles. The Kier molecular flexibility index (Phi) is 5.77. The molecule has 2 N–H and O–H groups in total. The van der Waals surface area contributed by atoms with Crippen LogP contribution in [0, 0.1) is 0 Å². The first-order valence-corrected chi connectivity index (χ1v) is 6.20. The first-order chi connectivity index (χ1) is 7.59. The molecule has 1 rings (SSSR count). The molecule has 0 spiro atoms. The van der Waals surface area contributed by atoms with Gasteiger partial charge in [-0.2, -0.15) is 0 Å². The van der Waals surface area contributed by atoms with Crippen LogP contribution in [0.5, 0.6) is 0 Å². The van der Waals surface area contributed by atoms with Crippen molar-refractivity contribution in [2.75, 3.05) is 20.2 Å². The number of nitrogens with two attached hydrogens (primary N) is 1. The van der Waals surface area contributed by atoms with Crippen LogP contribution < -0.4 is 5.73 Å². The zero-order valence-electron chi connectivity index (χ0n) is 10.4. The summed E-state index contributed by atoms with van der Waals surface area (Å²) in [7, 11) is 1.85. The topological polar surface area (TPSA) is 55.6 Å². The number of hydrogen-bond acceptors (Lipinski definition) is 3. The van der Waals surface area contributed by atoms with E-state index < -0.39 is 0 Å². The average Bonchev–Trinajstić information content (AvgIpc) is 2.27. The summed E-state index contributed by atoms with van der Waals surface area (Å²) >= 11 is 0. The second-order valence-electron chi connectivity index (χ2n) is 4.78. The Labute approximate surface area is 98.1 Å². The Bertz CT molecular complexity index is 213. The highest BCUT2D eigenvalue weighted by atomic mass is 16.5. The molecule has 16 heavy (non-hydrogen) atoms. The number of likely N-dealkylation sites (N-methyl/N-ethyl adjacent to an activating group) is 1. The van der Waals surface area contributed by atoms with Crippen molar-refractivity contribution in [3.05, 3.63) is 0 Å². The van der Waals surface area contributed by atoms with Gasteiger partial charge in [-0.3, -0.25) is 4.79 Å². The lowest BCUT2D eigenvalue weighted by Crippen LogP contribution is -2.37. The van der Waals surface area contributed by atoms with Gasteiger partial charge in [0.15, 0.2) is 0 Å². The van der Waals surface area contributed by atoms with Crippen molar-refractivity contribution in [3.63, 3.8) is 0 Å². The van der Waals surface area contributed by atoms with Crippen LogP contribution in [0.15, 0.2) is 0 Å². The molecular weight excluding hydrogens is 204 g/mol. The average molecular weight is 228 g/mol. The zero-order chi connectivity index (χ0) is 12.0. The molecule has 0 aromatic carbocycles. The monoisotopic (exact) mass is 228 g/mol. The fourth-order valence-electron chi connectivity index (χ4n) is 1.90. The Hall–Kier alpha value is -0.610. The van der Waals surface area contributed by atoms with Crippen LogP contribution >= 0.6 is 0 Å². The Morgan fingerprint density at radius 3 is 2.88 bits per heavy atom. The Morgan fingerprint density at radius 1 is 1.56 bits per heavy atom. The van der Waals surface area contributed by atoms with Gasteiger partial charge >= 0.3 is 0 Å². The fourth-order valence-corrected chi connectivity index (χ4v) is 1.90. The minimum absolute atomic E-state index is 0.100. The second kappa shape index (κ2) is 6.86. The molecule has 0 saturated carbocycles. The van der Waals surface area contributed by atoms with Gasteiger partial charge in [0, 0.05) is 32.7 Å². The maximum atomic E-state index is 11.7. The van der Waals surface area contributed by atoms with E-state index in [4.69, 9.17) is 10.5 Å². The van der Waals surface area contributed by atoms with Gasteiger partial charge in [-0.25, -0.2) is 0 Å². The van der Waals surface area contributed by atoms with Gasteiger partial charge in [-0.05, 0) is 32.6 Å². The molecular formula is C12H24N2O2. The van der Waals surface area contributed by atoms with Crippen molar-refractivity contribution in [3.8, 4) is 0 Å². The summed E-state index contributed by atoms with van der Waals surface area (Å²) < 4.78 is 5.61. The van der Waals surface area contributed by atoms with Gasteiger partial charge in [0.1, 0.15) is 0 Å². The molecule has 1 amide bonds. The summed E-state index contributed by atoms with van der Waals surface area (Å²) in [5.74, 6) is 0.173. The lowest BCUT2D eigenvalue weighted by molar-refractivity contribution is -0.132. The first kappa shape index (κ1) is 13.5. The van der Waals surface area contributed by atoms with E-state index in [0.29, 0.717) is 6.42 Å². The molecule has 1 saturated heterocycles. The minimum Gasteiger partial charge on any atom is -0.376 e. The van der Waals surface area contributed by atoms with E-state index in [9.17, 15) is 4.79 Å². The molecule has 2 atom stereocenters. The van der Waals surface area contributed by atoms with Crippen LogP contribution in [0.1, 0.15) is 39.0 Å². The predicted molar refractivity (Wildman–Crippen MR) is 64.1 cm³/mol. The molecule has 0 aliphatic carbocycles. The SMILES string of the molecule is CC(N)CCC(=O)N(C)CC1CCCCO1. The second-order valence-corrected chi connectivity index (χ2v) is 4.78. The summed E-state index contributed by atoms with van der Waals surface area (Å²) in [6, 6.07) is 0.100. The summed E-state index contributed by atoms with van der Waals surface area (Å²) in [6.45, 7) is 3.49. The van der Waals surface area contributed by atoms with E-state index in [1.54, 1.807) is 4.90 Å². The van der Waals surface area contributed by atoms with Crippen LogP contribution in [-0.2, 0) is 9.53 Å². The molecule has 0 radical (unpaired) electrons. The standard InChI is InChI=1S/C12H24N2O2/c1-10(13)6-7-12(15)14(2)9-11-5-3-4-8-16-11/h10-11H,3-9,13H2,1-2H3. The molecule has 4 nitrogen and oxygen atoms in total. The van der Waals surface area contributed by atoms with Gasteiger partial charge in [-0.15, -0.1) is 0 Å². The van der Waals surface area contributed by atoms with Crippen LogP contribution in [0.4, 0.5) is 0 Å². The number of carbonyl (C=O) groups excluding carboxylic acids is 1. The summed E-state index contributed by atoms with van der Waals surface area (Å²) in [5.41, 5.74) is 5.63. The summed E-state index contributed by atoms with van der Waals surface area (Å²) in [6.07, 6.45) is 4.98. The summed E-state index contributed by atoms with van der Waals surface area (Å²) in [4.78, 5) is 13.5. The summed E-state index contributed by atoms with van der Waals surface area (Å²) in [5, 5.41) is 0. The van der Waals surface area contributed by atoms with Crippen LogP contribution in [0.3, 0.4) is 0 Å². The van der Waals surface area contributed by atoms with Crippen molar-refractivity contribution in [1.29, 1.82) is 0 Å². The Balaban J connectivity index is 2.21.